The van der Waals surface area contributed by atoms with E-state index in [0.717, 1.165) is 26.5 Å². The van der Waals surface area contributed by atoms with Gasteiger partial charge in [-0.2, -0.15) is 0 Å². The summed E-state index contributed by atoms with van der Waals surface area (Å²) in [5.41, 5.74) is 1.47. The van der Waals surface area contributed by atoms with Crippen molar-refractivity contribution in [3.05, 3.63) is 24.4 Å². The van der Waals surface area contributed by atoms with Crippen LogP contribution in [-0.2, 0) is 37.2 Å². The van der Waals surface area contributed by atoms with Gasteiger partial charge in [-0.05, 0) is 6.92 Å². The van der Waals surface area contributed by atoms with Crippen LogP contribution >= 0.6 is 0 Å². The molecule has 0 aliphatic rings. The van der Waals surface area contributed by atoms with Crippen LogP contribution in [-0.4, -0.2) is 39.8 Å². The molecule has 9 heteroatoms. The molecule has 0 N–H and O–H groups in total. The van der Waals surface area contributed by atoms with E-state index in [-0.39, 0.29) is 5.97 Å². The van der Waals surface area contributed by atoms with Crippen molar-refractivity contribution in [1.29, 1.82) is 0 Å². The van der Waals surface area contributed by atoms with Gasteiger partial charge in [0.15, 0.2) is 0 Å². The highest BCUT2D eigenvalue weighted by Crippen LogP contribution is 2.12. The molecule has 0 bridgehead atoms. The van der Waals surface area contributed by atoms with E-state index in [1.165, 1.54) is 7.11 Å². The molecule has 0 aromatic heterocycles. The molecule has 0 atom stereocenters. The molecular formula is C13H20O8Si. The predicted octanol–water partition coefficient (Wildman–Crippen LogP) is 1.08. The number of hydrogen-bond acceptors (Lipinski definition) is 8. The fraction of sp³-hybridized carbons (Fsp3) is 0.385. The third-order valence-corrected chi connectivity index (χ3v) is 3.86. The largest absolute Gasteiger partial charge is 0.734 e. The Morgan fingerprint density at radius 3 is 1.27 bits per heavy atom. The average Bonchev–Trinajstić information content (AvgIpc) is 2.35. The quantitative estimate of drug-likeness (QED) is 0.418. The lowest BCUT2D eigenvalue weighted by Gasteiger charge is -2.22. The van der Waals surface area contributed by atoms with E-state index in [9.17, 15) is 19.2 Å². The molecule has 0 amide bonds. The molecule has 0 fully saturated rings. The first-order valence-electron chi connectivity index (χ1n) is 5.95. The number of rotatable bonds is 5. The van der Waals surface area contributed by atoms with Gasteiger partial charge in [0.05, 0.1) is 7.11 Å². The van der Waals surface area contributed by atoms with E-state index in [4.69, 9.17) is 13.3 Å². The molecule has 0 aliphatic heterocycles. The number of carbonyl (C=O) groups is 4. The van der Waals surface area contributed by atoms with Crippen LogP contribution < -0.4 is 0 Å². The Kier molecular flexibility index (Phi) is 10.3. The van der Waals surface area contributed by atoms with E-state index in [0.29, 0.717) is 5.57 Å². The van der Waals surface area contributed by atoms with Crippen LogP contribution in [0.4, 0.5) is 0 Å². The number of ether oxygens (including phenoxy) is 1. The Hall–Kier alpha value is -2.42. The summed E-state index contributed by atoms with van der Waals surface area (Å²) in [5, 5.41) is 0. The van der Waals surface area contributed by atoms with Gasteiger partial charge < -0.3 is 18.0 Å². The summed E-state index contributed by atoms with van der Waals surface area (Å²) >= 11 is 0. The fourth-order valence-electron chi connectivity index (χ4n) is 0.963. The van der Waals surface area contributed by atoms with Gasteiger partial charge in [0, 0.05) is 32.0 Å². The van der Waals surface area contributed by atoms with Crippen molar-refractivity contribution < 1.29 is 37.2 Å². The lowest BCUT2D eigenvalue weighted by atomic mass is 10.4. The van der Waals surface area contributed by atoms with Gasteiger partial charge >= 0.3 is 14.8 Å². The van der Waals surface area contributed by atoms with E-state index < -0.39 is 26.7 Å². The molecule has 124 valence electrons. The van der Waals surface area contributed by atoms with Crippen LogP contribution in [0.15, 0.2) is 24.4 Å². The molecular weight excluding hydrogens is 312 g/mol. The second kappa shape index (κ2) is 10.3. The summed E-state index contributed by atoms with van der Waals surface area (Å²) < 4.78 is 18.4. The van der Waals surface area contributed by atoms with Crippen LogP contribution in [0.3, 0.4) is 0 Å². The van der Waals surface area contributed by atoms with Gasteiger partial charge in [-0.1, -0.05) is 13.2 Å². The van der Waals surface area contributed by atoms with Crippen molar-refractivity contribution >= 4 is 32.7 Å². The lowest BCUT2D eigenvalue weighted by Crippen LogP contribution is -2.47. The zero-order valence-electron chi connectivity index (χ0n) is 13.3. The number of carbonyl (C=O) groups excluding carboxylic acids is 4. The third kappa shape index (κ3) is 10.4. The normalized spacial score (nSPS) is 9.32. The van der Waals surface area contributed by atoms with Gasteiger partial charge in [0.2, 0.25) is 0 Å². The predicted molar refractivity (Wildman–Crippen MR) is 78.1 cm³/mol. The summed E-state index contributed by atoms with van der Waals surface area (Å²) in [6.07, 6.45) is 0. The Bertz CT molecular complexity index is 428. The first-order chi connectivity index (χ1) is 9.99. The smallest absolute Gasteiger partial charge is 0.466 e. The summed E-state index contributed by atoms with van der Waals surface area (Å²) in [7, 11) is -2.41. The summed E-state index contributed by atoms with van der Waals surface area (Å²) in [6, 6.07) is 0. The minimum Gasteiger partial charge on any atom is -0.466 e. The second-order valence-corrected chi connectivity index (χ2v) is 6.09. The summed E-state index contributed by atoms with van der Waals surface area (Å²) in [4.78, 5) is 42.5. The monoisotopic (exact) mass is 332 g/mol. The van der Waals surface area contributed by atoms with Gasteiger partial charge in [0.1, 0.15) is 0 Å². The zero-order chi connectivity index (χ0) is 17.9. The first kappa shape index (κ1) is 21.9. The topological polar surface area (TPSA) is 105 Å². The highest BCUT2D eigenvalue weighted by atomic mass is 28.4. The molecule has 0 aromatic rings. The molecule has 8 nitrogen and oxygen atoms in total. The van der Waals surface area contributed by atoms with E-state index >= 15 is 0 Å². The van der Waals surface area contributed by atoms with Crippen molar-refractivity contribution in [3.8, 4) is 0 Å². The Labute approximate surface area is 130 Å². The van der Waals surface area contributed by atoms with Crippen molar-refractivity contribution in [2.24, 2.45) is 0 Å². The number of esters is 1. The highest BCUT2D eigenvalue weighted by molar-refractivity contribution is 6.70. The van der Waals surface area contributed by atoms with Gasteiger partial charge in [0.25, 0.3) is 17.9 Å². The standard InChI is InChI=1S/C8H12O6Si.C5H8O2/c1-5-15(12-6(2)9,13-7(3)10)14-8(4)11;1-4(2)5(6)7-3/h5H,1H2,2-4H3;1H2,2-3H3. The molecule has 22 heavy (non-hydrogen) atoms. The van der Waals surface area contributed by atoms with Crippen molar-refractivity contribution in [1.82, 2.24) is 0 Å². The van der Waals surface area contributed by atoms with Gasteiger partial charge in [-0.3, -0.25) is 14.4 Å². The van der Waals surface area contributed by atoms with Crippen LogP contribution in [0.1, 0.15) is 27.7 Å². The van der Waals surface area contributed by atoms with Crippen molar-refractivity contribution in [2.75, 3.05) is 7.11 Å². The molecule has 0 spiro atoms. The van der Waals surface area contributed by atoms with Crippen LogP contribution in [0.5, 0.6) is 0 Å². The van der Waals surface area contributed by atoms with Crippen molar-refractivity contribution in [3.63, 3.8) is 0 Å². The Morgan fingerprint density at radius 2 is 1.18 bits per heavy atom. The Morgan fingerprint density at radius 1 is 0.864 bits per heavy atom. The van der Waals surface area contributed by atoms with Crippen LogP contribution in [0.25, 0.3) is 0 Å². The van der Waals surface area contributed by atoms with Gasteiger partial charge in [-0.25, -0.2) is 4.79 Å². The second-order valence-electron chi connectivity index (χ2n) is 3.86. The molecule has 0 aliphatic carbocycles. The van der Waals surface area contributed by atoms with Crippen LogP contribution in [0.2, 0.25) is 0 Å². The summed E-state index contributed by atoms with van der Waals surface area (Å²) in [6.45, 7) is 11.6. The molecule has 0 aromatic carbocycles. The third-order valence-electron chi connectivity index (χ3n) is 1.64. The van der Waals surface area contributed by atoms with Gasteiger partial charge in [-0.15, -0.1) is 0 Å². The lowest BCUT2D eigenvalue weighted by molar-refractivity contribution is -0.147. The number of methoxy groups -OCH3 is 1. The zero-order valence-corrected chi connectivity index (χ0v) is 14.3. The molecule has 0 saturated heterocycles. The molecule has 0 heterocycles. The molecule has 0 radical (unpaired) electrons. The maximum atomic E-state index is 10.8. The minimum absolute atomic E-state index is 0.347. The van der Waals surface area contributed by atoms with E-state index in [1.807, 2.05) is 0 Å². The fourth-order valence-corrected chi connectivity index (χ4v) is 2.54. The van der Waals surface area contributed by atoms with E-state index in [2.05, 4.69) is 17.9 Å². The molecule has 0 rings (SSSR count). The highest BCUT2D eigenvalue weighted by Gasteiger charge is 2.48. The molecule has 0 saturated carbocycles. The van der Waals surface area contributed by atoms with Crippen LogP contribution in [0, 0.1) is 0 Å². The maximum absolute atomic E-state index is 10.8. The first-order valence-corrected chi connectivity index (χ1v) is 7.76. The maximum Gasteiger partial charge on any atom is 0.734 e. The molecule has 0 unspecified atom stereocenters. The van der Waals surface area contributed by atoms with Crippen molar-refractivity contribution in [2.45, 2.75) is 27.7 Å². The summed E-state index contributed by atoms with van der Waals surface area (Å²) in [5.74, 6) is -2.50. The SMILES string of the molecule is C=C(C)C(=O)OC.C=C[Si](OC(C)=O)(OC(C)=O)OC(C)=O. The average molecular weight is 332 g/mol. The minimum atomic E-state index is -3.74. The number of hydrogen-bond donors (Lipinski definition) is 0. The Balaban J connectivity index is 0. The van der Waals surface area contributed by atoms with E-state index in [1.54, 1.807) is 6.92 Å².